The maximum absolute atomic E-state index is 11.4. The smallest absolute Gasteiger partial charge is 0.239 e. The highest BCUT2D eigenvalue weighted by atomic mass is 16.2. The molecule has 1 N–H and O–H groups in total. The van der Waals surface area contributed by atoms with E-state index in [9.17, 15) is 4.79 Å². The van der Waals surface area contributed by atoms with Crippen LogP contribution >= 0.6 is 0 Å². The molecule has 0 aromatic rings. The van der Waals surface area contributed by atoms with Gasteiger partial charge in [-0.2, -0.15) is 0 Å². The number of nitrogens with one attached hydrogen (secondary N) is 1. The Hall–Kier alpha value is -0.570. The van der Waals surface area contributed by atoms with Crippen LogP contribution in [-0.2, 0) is 4.79 Å². The number of hydrogen-bond donors (Lipinski definition) is 1. The second kappa shape index (κ2) is 3.72. The quantitative estimate of drug-likeness (QED) is 0.589. The molecule has 1 heterocycles. The SMILES string of the molecule is CN[C@H]1CCCCN(C)C1=O. The average molecular weight is 156 g/mol. The van der Waals surface area contributed by atoms with Crippen LogP contribution in [0.1, 0.15) is 19.3 Å². The standard InChI is InChI=1S/C8H16N2O/c1-9-7-5-3-4-6-10(2)8(7)11/h7,9H,3-6H2,1-2H3/t7-/m0/s1. The van der Waals surface area contributed by atoms with Crippen molar-refractivity contribution in [3.05, 3.63) is 0 Å². The van der Waals surface area contributed by atoms with E-state index in [1.54, 1.807) is 0 Å². The lowest BCUT2D eigenvalue weighted by Crippen LogP contribution is -2.41. The van der Waals surface area contributed by atoms with Crippen LogP contribution in [0.3, 0.4) is 0 Å². The van der Waals surface area contributed by atoms with Gasteiger partial charge in [0.1, 0.15) is 0 Å². The molecule has 0 aromatic carbocycles. The van der Waals surface area contributed by atoms with Gasteiger partial charge >= 0.3 is 0 Å². The van der Waals surface area contributed by atoms with E-state index in [1.807, 2.05) is 19.0 Å². The highest BCUT2D eigenvalue weighted by Gasteiger charge is 2.22. The van der Waals surface area contributed by atoms with Crippen LogP contribution in [0.25, 0.3) is 0 Å². The third kappa shape index (κ3) is 1.93. The van der Waals surface area contributed by atoms with Crippen LogP contribution in [0, 0.1) is 0 Å². The summed E-state index contributed by atoms with van der Waals surface area (Å²) in [4.78, 5) is 13.3. The molecule has 3 nitrogen and oxygen atoms in total. The van der Waals surface area contributed by atoms with Gasteiger partial charge in [0.15, 0.2) is 0 Å². The first-order valence-corrected chi connectivity index (χ1v) is 4.18. The Morgan fingerprint density at radius 1 is 1.55 bits per heavy atom. The molecule has 1 atom stereocenters. The van der Waals surface area contributed by atoms with Gasteiger partial charge in [0.25, 0.3) is 0 Å². The molecule has 1 aliphatic rings. The van der Waals surface area contributed by atoms with Crippen molar-refractivity contribution >= 4 is 5.91 Å². The van der Waals surface area contributed by atoms with E-state index in [4.69, 9.17) is 0 Å². The Morgan fingerprint density at radius 2 is 2.27 bits per heavy atom. The molecule has 0 unspecified atom stereocenters. The van der Waals surface area contributed by atoms with Crippen LogP contribution < -0.4 is 5.32 Å². The zero-order chi connectivity index (χ0) is 8.27. The summed E-state index contributed by atoms with van der Waals surface area (Å²) in [7, 11) is 3.72. The molecule has 0 aliphatic carbocycles. The minimum Gasteiger partial charge on any atom is -0.344 e. The van der Waals surface area contributed by atoms with Gasteiger partial charge in [-0.3, -0.25) is 4.79 Å². The predicted octanol–water partition coefficient (Wildman–Crippen LogP) is 0.217. The molecule has 1 fully saturated rings. The summed E-state index contributed by atoms with van der Waals surface area (Å²) in [6.45, 7) is 0.914. The zero-order valence-electron chi connectivity index (χ0n) is 7.26. The Balaban J connectivity index is 2.56. The first-order valence-electron chi connectivity index (χ1n) is 4.18. The Kier molecular flexibility index (Phi) is 2.88. The second-order valence-electron chi connectivity index (χ2n) is 3.10. The number of nitrogens with zero attached hydrogens (tertiary/aromatic N) is 1. The topological polar surface area (TPSA) is 32.3 Å². The van der Waals surface area contributed by atoms with Gasteiger partial charge in [-0.15, -0.1) is 0 Å². The lowest BCUT2D eigenvalue weighted by molar-refractivity contribution is -0.131. The van der Waals surface area contributed by atoms with E-state index < -0.39 is 0 Å². The van der Waals surface area contributed by atoms with E-state index in [0.717, 1.165) is 25.8 Å². The normalized spacial score (nSPS) is 26.9. The highest BCUT2D eigenvalue weighted by Crippen LogP contribution is 2.09. The summed E-state index contributed by atoms with van der Waals surface area (Å²) in [5.74, 6) is 0.241. The minimum absolute atomic E-state index is 0.0579. The molecule has 0 aromatic heterocycles. The zero-order valence-corrected chi connectivity index (χ0v) is 7.26. The lowest BCUT2D eigenvalue weighted by atomic mass is 10.1. The van der Waals surface area contributed by atoms with Crippen LogP contribution in [0.5, 0.6) is 0 Å². The fourth-order valence-electron chi connectivity index (χ4n) is 1.46. The number of likely N-dealkylation sites (tertiary alicyclic amines) is 1. The molecule has 1 amide bonds. The van der Waals surface area contributed by atoms with E-state index >= 15 is 0 Å². The van der Waals surface area contributed by atoms with Gasteiger partial charge in [-0.25, -0.2) is 0 Å². The maximum Gasteiger partial charge on any atom is 0.239 e. The van der Waals surface area contributed by atoms with Crippen LogP contribution in [0.4, 0.5) is 0 Å². The van der Waals surface area contributed by atoms with E-state index in [2.05, 4.69) is 5.32 Å². The van der Waals surface area contributed by atoms with Crippen molar-refractivity contribution in [2.75, 3.05) is 20.6 Å². The molecule has 0 saturated carbocycles. The van der Waals surface area contributed by atoms with Crippen molar-refractivity contribution in [3.8, 4) is 0 Å². The van der Waals surface area contributed by atoms with Crippen LogP contribution in [-0.4, -0.2) is 37.5 Å². The highest BCUT2D eigenvalue weighted by molar-refractivity contribution is 5.81. The van der Waals surface area contributed by atoms with Crippen molar-refractivity contribution in [2.45, 2.75) is 25.3 Å². The largest absolute Gasteiger partial charge is 0.344 e. The van der Waals surface area contributed by atoms with Crippen molar-refractivity contribution in [1.29, 1.82) is 0 Å². The van der Waals surface area contributed by atoms with Gasteiger partial charge in [0.2, 0.25) is 5.91 Å². The third-order valence-electron chi connectivity index (χ3n) is 2.26. The number of likely N-dealkylation sites (N-methyl/N-ethyl adjacent to an activating group) is 2. The monoisotopic (exact) mass is 156 g/mol. The summed E-state index contributed by atoms with van der Waals surface area (Å²) in [5.41, 5.74) is 0. The molecular weight excluding hydrogens is 140 g/mol. The molecule has 1 aliphatic heterocycles. The first-order chi connectivity index (χ1) is 5.25. The number of carbonyl (C=O) groups excluding carboxylic acids is 1. The van der Waals surface area contributed by atoms with Gasteiger partial charge in [0, 0.05) is 13.6 Å². The van der Waals surface area contributed by atoms with E-state index in [1.165, 1.54) is 0 Å². The summed E-state index contributed by atoms with van der Waals surface area (Å²) in [5, 5.41) is 3.03. The van der Waals surface area contributed by atoms with E-state index in [-0.39, 0.29) is 11.9 Å². The molecule has 1 rings (SSSR count). The van der Waals surface area contributed by atoms with E-state index in [0.29, 0.717) is 0 Å². The Morgan fingerprint density at radius 3 is 2.91 bits per heavy atom. The van der Waals surface area contributed by atoms with Gasteiger partial charge < -0.3 is 10.2 Å². The summed E-state index contributed by atoms with van der Waals surface area (Å²) < 4.78 is 0. The first kappa shape index (κ1) is 8.53. The molecule has 1 saturated heterocycles. The lowest BCUT2D eigenvalue weighted by Gasteiger charge is -2.18. The second-order valence-corrected chi connectivity index (χ2v) is 3.10. The minimum atomic E-state index is 0.0579. The van der Waals surface area contributed by atoms with Gasteiger partial charge in [0.05, 0.1) is 6.04 Å². The molecule has 3 heteroatoms. The molecular formula is C8H16N2O. The number of hydrogen-bond acceptors (Lipinski definition) is 2. The van der Waals surface area contributed by atoms with Gasteiger partial charge in [-0.1, -0.05) is 0 Å². The van der Waals surface area contributed by atoms with Crippen LogP contribution in [0.15, 0.2) is 0 Å². The Labute approximate surface area is 67.8 Å². The molecule has 0 spiro atoms. The Bertz CT molecular complexity index is 147. The molecule has 64 valence electrons. The summed E-state index contributed by atoms with van der Waals surface area (Å²) in [6, 6.07) is 0.0579. The van der Waals surface area contributed by atoms with Crippen molar-refractivity contribution in [2.24, 2.45) is 0 Å². The number of amides is 1. The van der Waals surface area contributed by atoms with Crippen LogP contribution in [0.2, 0.25) is 0 Å². The maximum atomic E-state index is 11.4. The molecule has 11 heavy (non-hydrogen) atoms. The summed E-state index contributed by atoms with van der Waals surface area (Å²) in [6.07, 6.45) is 3.28. The number of rotatable bonds is 1. The molecule has 0 radical (unpaired) electrons. The van der Waals surface area contributed by atoms with Gasteiger partial charge in [-0.05, 0) is 26.3 Å². The number of carbonyl (C=O) groups is 1. The summed E-state index contributed by atoms with van der Waals surface area (Å²) >= 11 is 0. The predicted molar refractivity (Wildman–Crippen MR) is 44.3 cm³/mol. The average Bonchev–Trinajstić information content (AvgIpc) is 2.16. The molecule has 0 bridgehead atoms. The fourth-order valence-corrected chi connectivity index (χ4v) is 1.46. The third-order valence-corrected chi connectivity index (χ3v) is 2.26. The van der Waals surface area contributed by atoms with Crippen molar-refractivity contribution in [3.63, 3.8) is 0 Å². The van der Waals surface area contributed by atoms with Crippen molar-refractivity contribution < 1.29 is 4.79 Å². The van der Waals surface area contributed by atoms with Crippen molar-refractivity contribution in [1.82, 2.24) is 10.2 Å². The fraction of sp³-hybridized carbons (Fsp3) is 0.875.